The van der Waals surface area contributed by atoms with E-state index in [1.807, 2.05) is 36.4 Å². The third-order valence-electron chi connectivity index (χ3n) is 5.34. The molecule has 1 aliphatic heterocycles. The molecule has 1 heterocycles. The highest BCUT2D eigenvalue weighted by Gasteiger charge is 2.22. The molecular formula is C24H26FN3O. The third-order valence-corrected chi connectivity index (χ3v) is 5.34. The van der Waals surface area contributed by atoms with Gasteiger partial charge < -0.3 is 20.3 Å². The normalized spacial score (nSPS) is 12.9. The Morgan fingerprint density at radius 2 is 1.79 bits per heavy atom. The van der Waals surface area contributed by atoms with E-state index in [1.54, 1.807) is 6.07 Å². The molecule has 150 valence electrons. The zero-order valence-corrected chi connectivity index (χ0v) is 16.6. The van der Waals surface area contributed by atoms with E-state index in [4.69, 9.17) is 10.5 Å². The van der Waals surface area contributed by atoms with Crippen molar-refractivity contribution in [2.45, 2.75) is 13.0 Å². The van der Waals surface area contributed by atoms with E-state index in [2.05, 4.69) is 35.0 Å². The van der Waals surface area contributed by atoms with Crippen molar-refractivity contribution in [3.63, 3.8) is 0 Å². The predicted molar refractivity (Wildman–Crippen MR) is 116 cm³/mol. The maximum atomic E-state index is 13.8. The van der Waals surface area contributed by atoms with Gasteiger partial charge in [-0.05, 0) is 61.5 Å². The van der Waals surface area contributed by atoms with Gasteiger partial charge in [-0.25, -0.2) is 4.39 Å². The van der Waals surface area contributed by atoms with Crippen molar-refractivity contribution in [1.82, 2.24) is 4.90 Å². The first-order valence-corrected chi connectivity index (χ1v) is 9.91. The second-order valence-corrected chi connectivity index (χ2v) is 7.48. The number of fused-ring (bicyclic) bond motifs is 2. The first-order valence-electron chi connectivity index (χ1n) is 9.91. The average molecular weight is 391 g/mol. The number of rotatable bonds is 6. The summed E-state index contributed by atoms with van der Waals surface area (Å²) in [6.45, 7) is 2.98. The number of hydrogen-bond donors (Lipinski definition) is 1. The van der Waals surface area contributed by atoms with Gasteiger partial charge in [0.05, 0.1) is 5.69 Å². The Kier molecular flexibility index (Phi) is 5.67. The van der Waals surface area contributed by atoms with Crippen LogP contribution in [0.5, 0.6) is 5.75 Å². The lowest BCUT2D eigenvalue weighted by atomic mass is 10.1. The number of nitrogens with two attached hydrogens (primary N) is 1. The Bertz CT molecular complexity index is 974. The van der Waals surface area contributed by atoms with Gasteiger partial charge in [-0.2, -0.15) is 0 Å². The van der Waals surface area contributed by atoms with Gasteiger partial charge in [-0.1, -0.05) is 24.3 Å². The monoisotopic (exact) mass is 391 g/mol. The lowest BCUT2D eigenvalue weighted by molar-refractivity contribution is 0.310. The van der Waals surface area contributed by atoms with Crippen LogP contribution in [0.3, 0.4) is 0 Å². The van der Waals surface area contributed by atoms with E-state index >= 15 is 0 Å². The first kappa shape index (κ1) is 19.3. The molecule has 0 atom stereocenters. The Hall–Kier alpha value is -3.05. The van der Waals surface area contributed by atoms with Crippen molar-refractivity contribution in [1.29, 1.82) is 0 Å². The summed E-state index contributed by atoms with van der Waals surface area (Å²) in [6.07, 6.45) is 0.971. The zero-order valence-electron chi connectivity index (χ0n) is 16.6. The van der Waals surface area contributed by atoms with Gasteiger partial charge in [0, 0.05) is 36.6 Å². The highest BCUT2D eigenvalue weighted by Crippen LogP contribution is 2.39. The number of anilines is 3. The van der Waals surface area contributed by atoms with E-state index < -0.39 is 0 Å². The Labute approximate surface area is 171 Å². The molecule has 1 aliphatic rings. The summed E-state index contributed by atoms with van der Waals surface area (Å²) in [5.41, 5.74) is 10.7. The molecule has 0 fully saturated rings. The molecule has 0 amide bonds. The smallest absolute Gasteiger partial charge is 0.143 e. The largest absolute Gasteiger partial charge is 0.487 e. The van der Waals surface area contributed by atoms with Crippen LogP contribution in [-0.4, -0.2) is 31.6 Å². The van der Waals surface area contributed by atoms with Crippen LogP contribution in [-0.2, 0) is 13.0 Å². The number of para-hydroxylation sites is 2. The standard InChI is InChI=1S/C24H26FN3O/c1-27(13-12-18-6-9-21(26)10-7-18)14-15-28-22-11-8-20(25)16-19(22)17-29-24-5-3-2-4-23(24)28/h2-11,16H,12-15,17,26H2,1H3. The summed E-state index contributed by atoms with van der Waals surface area (Å²) in [6, 6.07) is 21.0. The Morgan fingerprint density at radius 1 is 1.00 bits per heavy atom. The molecule has 0 bridgehead atoms. The summed E-state index contributed by atoms with van der Waals surface area (Å²) < 4.78 is 19.7. The SMILES string of the molecule is CN(CCc1ccc(N)cc1)CCN1c2ccc(F)cc2COc2ccccc21. The first-order chi connectivity index (χ1) is 14.1. The van der Waals surface area contributed by atoms with Crippen molar-refractivity contribution in [2.75, 3.05) is 37.3 Å². The fraction of sp³-hybridized carbons (Fsp3) is 0.250. The lowest BCUT2D eigenvalue weighted by Gasteiger charge is -2.28. The number of nitrogens with zero attached hydrogens (tertiary/aromatic N) is 2. The van der Waals surface area contributed by atoms with Crippen molar-refractivity contribution in [2.24, 2.45) is 0 Å². The minimum absolute atomic E-state index is 0.237. The molecule has 0 aliphatic carbocycles. The van der Waals surface area contributed by atoms with Gasteiger partial charge in [0.15, 0.2) is 0 Å². The van der Waals surface area contributed by atoms with Crippen molar-refractivity contribution in [3.8, 4) is 5.75 Å². The molecule has 0 radical (unpaired) electrons. The summed E-state index contributed by atoms with van der Waals surface area (Å²) in [4.78, 5) is 4.55. The molecule has 0 saturated carbocycles. The van der Waals surface area contributed by atoms with Gasteiger partial charge in [-0.15, -0.1) is 0 Å². The zero-order chi connectivity index (χ0) is 20.2. The van der Waals surface area contributed by atoms with Crippen LogP contribution in [0, 0.1) is 5.82 Å². The van der Waals surface area contributed by atoms with Crippen LogP contribution in [0.4, 0.5) is 21.5 Å². The van der Waals surface area contributed by atoms with Crippen molar-refractivity contribution in [3.05, 3.63) is 83.7 Å². The van der Waals surface area contributed by atoms with E-state index in [0.29, 0.717) is 6.61 Å². The van der Waals surface area contributed by atoms with Crippen molar-refractivity contribution >= 4 is 17.1 Å². The second kappa shape index (κ2) is 8.53. The minimum Gasteiger partial charge on any atom is -0.487 e. The minimum atomic E-state index is -0.237. The topological polar surface area (TPSA) is 41.7 Å². The molecule has 4 nitrogen and oxygen atoms in total. The van der Waals surface area contributed by atoms with Gasteiger partial charge in [-0.3, -0.25) is 0 Å². The van der Waals surface area contributed by atoms with E-state index in [-0.39, 0.29) is 5.82 Å². The fourth-order valence-corrected chi connectivity index (χ4v) is 3.65. The van der Waals surface area contributed by atoms with Gasteiger partial charge in [0.25, 0.3) is 0 Å². The summed E-state index contributed by atoms with van der Waals surface area (Å²) in [5, 5.41) is 0. The highest BCUT2D eigenvalue weighted by molar-refractivity contribution is 5.72. The van der Waals surface area contributed by atoms with Crippen LogP contribution >= 0.6 is 0 Å². The van der Waals surface area contributed by atoms with Crippen LogP contribution in [0.1, 0.15) is 11.1 Å². The van der Waals surface area contributed by atoms with Gasteiger partial charge in [0.1, 0.15) is 18.2 Å². The molecule has 0 unspecified atom stereocenters. The molecule has 3 aromatic carbocycles. The number of nitrogen functional groups attached to an aromatic ring is 1. The quantitative estimate of drug-likeness (QED) is 0.623. The summed E-state index contributed by atoms with van der Waals surface area (Å²) >= 11 is 0. The number of hydrogen-bond acceptors (Lipinski definition) is 4. The number of ether oxygens (including phenoxy) is 1. The maximum absolute atomic E-state index is 13.8. The molecule has 29 heavy (non-hydrogen) atoms. The fourth-order valence-electron chi connectivity index (χ4n) is 3.65. The maximum Gasteiger partial charge on any atom is 0.143 e. The summed E-state index contributed by atoms with van der Waals surface area (Å²) in [5.74, 6) is 0.590. The Balaban J connectivity index is 1.48. The second-order valence-electron chi connectivity index (χ2n) is 7.48. The third kappa shape index (κ3) is 4.51. The molecule has 4 rings (SSSR count). The number of halogens is 1. The van der Waals surface area contributed by atoms with Crippen molar-refractivity contribution < 1.29 is 9.13 Å². The lowest BCUT2D eigenvalue weighted by Crippen LogP contribution is -2.32. The van der Waals surface area contributed by atoms with Gasteiger partial charge in [0.2, 0.25) is 0 Å². The number of benzene rings is 3. The van der Waals surface area contributed by atoms with Crippen LogP contribution in [0.25, 0.3) is 0 Å². The molecule has 2 N–H and O–H groups in total. The van der Waals surface area contributed by atoms with E-state index in [9.17, 15) is 4.39 Å². The predicted octanol–water partition coefficient (Wildman–Crippen LogP) is 4.61. The molecule has 0 saturated heterocycles. The molecule has 0 spiro atoms. The van der Waals surface area contributed by atoms with E-state index in [0.717, 1.165) is 54.4 Å². The van der Waals surface area contributed by atoms with Crippen LogP contribution in [0.15, 0.2) is 66.7 Å². The average Bonchev–Trinajstić information content (AvgIpc) is 2.88. The molecular weight excluding hydrogens is 365 g/mol. The Morgan fingerprint density at radius 3 is 2.62 bits per heavy atom. The van der Waals surface area contributed by atoms with Gasteiger partial charge >= 0.3 is 0 Å². The van der Waals surface area contributed by atoms with Crippen LogP contribution in [0.2, 0.25) is 0 Å². The summed E-state index contributed by atoms with van der Waals surface area (Å²) in [7, 11) is 2.13. The highest BCUT2D eigenvalue weighted by atomic mass is 19.1. The van der Waals surface area contributed by atoms with E-state index in [1.165, 1.54) is 11.6 Å². The van der Waals surface area contributed by atoms with Crippen LogP contribution < -0.4 is 15.4 Å². The molecule has 5 heteroatoms. The molecule has 3 aromatic rings. The number of likely N-dealkylation sites (N-methyl/N-ethyl adjacent to an activating group) is 1. The molecule has 0 aromatic heterocycles.